The Morgan fingerprint density at radius 2 is 2.04 bits per heavy atom. The Morgan fingerprint density at radius 3 is 2.79 bits per heavy atom. The summed E-state index contributed by atoms with van der Waals surface area (Å²) in [4.78, 5) is 29.7. The highest BCUT2D eigenvalue weighted by Crippen LogP contribution is 2.37. The molecule has 1 aromatic carbocycles. The Labute approximate surface area is 172 Å². The number of thiophene rings is 1. The highest BCUT2D eigenvalue weighted by molar-refractivity contribution is 7.71. The Bertz CT molecular complexity index is 1080. The summed E-state index contributed by atoms with van der Waals surface area (Å²) in [6, 6.07) is 11.5. The molecule has 1 amide bonds. The third-order valence-electron chi connectivity index (χ3n) is 5.49. The molecule has 1 aliphatic carbocycles. The maximum Gasteiger partial charge on any atom is 0.262 e. The molecule has 2 aromatic heterocycles. The van der Waals surface area contributed by atoms with Crippen LogP contribution in [0.4, 0.5) is 0 Å². The number of amides is 1. The number of aromatic nitrogens is 2. The van der Waals surface area contributed by atoms with Crippen LogP contribution in [-0.2, 0) is 11.3 Å². The number of benzene rings is 1. The van der Waals surface area contributed by atoms with Crippen molar-refractivity contribution < 1.29 is 4.79 Å². The number of fused-ring (bicyclic) bond motifs is 1. The summed E-state index contributed by atoms with van der Waals surface area (Å²) in [5.74, 6) is 0.452. The predicted octanol–water partition coefficient (Wildman–Crippen LogP) is 4.56. The van der Waals surface area contributed by atoms with Gasteiger partial charge in [-0.05, 0) is 54.6 Å². The van der Waals surface area contributed by atoms with Gasteiger partial charge in [-0.25, -0.2) is 0 Å². The molecule has 1 unspecified atom stereocenters. The van der Waals surface area contributed by atoms with Crippen LogP contribution in [0.1, 0.15) is 43.0 Å². The number of carbonyl (C=O) groups is 1. The van der Waals surface area contributed by atoms with Gasteiger partial charge in [-0.2, -0.15) is 0 Å². The first-order valence-corrected chi connectivity index (χ1v) is 11.0. The Balaban J connectivity index is 1.49. The lowest BCUT2D eigenvalue weighted by atomic mass is 9.96. The van der Waals surface area contributed by atoms with Crippen LogP contribution in [-0.4, -0.2) is 15.5 Å². The molecule has 3 aromatic rings. The number of rotatable bonds is 6. The first kappa shape index (κ1) is 19.1. The van der Waals surface area contributed by atoms with E-state index >= 15 is 0 Å². The van der Waals surface area contributed by atoms with Gasteiger partial charge in [-0.15, -0.1) is 11.3 Å². The van der Waals surface area contributed by atoms with E-state index in [0.29, 0.717) is 16.1 Å². The molecular weight excluding hydrogens is 390 g/mol. The summed E-state index contributed by atoms with van der Waals surface area (Å²) in [7, 11) is 0. The maximum absolute atomic E-state index is 12.7. The molecular formula is C21H23N3O2S2. The Morgan fingerprint density at radius 1 is 1.25 bits per heavy atom. The topological polar surface area (TPSA) is 66.9 Å². The summed E-state index contributed by atoms with van der Waals surface area (Å²) in [5.41, 5.74) is 0.565. The third kappa shape index (κ3) is 3.95. The normalized spacial score (nSPS) is 15.7. The van der Waals surface area contributed by atoms with Crippen LogP contribution in [0.15, 0.2) is 46.6 Å². The van der Waals surface area contributed by atoms with Crippen LogP contribution < -0.4 is 10.9 Å². The number of nitrogens with zero attached hydrogens (tertiary/aromatic N) is 1. The van der Waals surface area contributed by atoms with Crippen LogP contribution >= 0.6 is 23.6 Å². The average molecular weight is 414 g/mol. The lowest BCUT2D eigenvalue weighted by Gasteiger charge is -2.24. The van der Waals surface area contributed by atoms with Gasteiger partial charge in [0.1, 0.15) is 0 Å². The highest BCUT2D eigenvalue weighted by Gasteiger charge is 2.28. The minimum atomic E-state index is -0.155. The number of hydrogen-bond acceptors (Lipinski definition) is 4. The zero-order valence-electron chi connectivity index (χ0n) is 15.5. The molecule has 0 spiro atoms. The summed E-state index contributed by atoms with van der Waals surface area (Å²) in [6.07, 6.45) is 4.98. The minimum absolute atomic E-state index is 0.0419. The van der Waals surface area contributed by atoms with Crippen molar-refractivity contribution in [1.29, 1.82) is 0 Å². The van der Waals surface area contributed by atoms with Crippen LogP contribution in [0, 0.1) is 10.7 Å². The van der Waals surface area contributed by atoms with Crippen LogP contribution in [0.3, 0.4) is 0 Å². The van der Waals surface area contributed by atoms with E-state index in [4.69, 9.17) is 12.2 Å². The summed E-state index contributed by atoms with van der Waals surface area (Å²) in [6.45, 7) is 0.270. The molecule has 2 N–H and O–H groups in total. The van der Waals surface area contributed by atoms with E-state index < -0.39 is 0 Å². The van der Waals surface area contributed by atoms with Crippen molar-refractivity contribution in [3.8, 4) is 0 Å². The van der Waals surface area contributed by atoms with Crippen LogP contribution in [0.25, 0.3) is 10.9 Å². The molecule has 7 heteroatoms. The largest absolute Gasteiger partial charge is 0.348 e. The average Bonchev–Trinajstić information content (AvgIpc) is 3.40. The van der Waals surface area contributed by atoms with Crippen molar-refractivity contribution in [2.45, 2.75) is 44.7 Å². The van der Waals surface area contributed by atoms with E-state index in [1.807, 2.05) is 24.3 Å². The quantitative estimate of drug-likeness (QED) is 0.582. The predicted molar refractivity (Wildman–Crippen MR) is 115 cm³/mol. The molecule has 0 saturated heterocycles. The SMILES string of the molecule is O=C(CCn1c(=S)[nH]c2ccccc2c1=O)NC(c1cccs1)C1CCCC1. The molecule has 1 fully saturated rings. The molecule has 0 radical (unpaired) electrons. The molecule has 1 aliphatic rings. The molecule has 0 aliphatic heterocycles. The van der Waals surface area contributed by atoms with Crippen molar-refractivity contribution >= 4 is 40.4 Å². The van der Waals surface area contributed by atoms with Crippen molar-refractivity contribution in [3.63, 3.8) is 0 Å². The number of nitrogens with one attached hydrogen (secondary N) is 2. The molecule has 5 nitrogen and oxygen atoms in total. The van der Waals surface area contributed by atoms with E-state index in [0.717, 1.165) is 18.4 Å². The molecule has 4 rings (SSSR count). The molecule has 1 saturated carbocycles. The zero-order valence-corrected chi connectivity index (χ0v) is 17.2. The van der Waals surface area contributed by atoms with Gasteiger partial charge in [0.25, 0.3) is 5.56 Å². The van der Waals surface area contributed by atoms with Gasteiger partial charge in [0.15, 0.2) is 4.77 Å². The standard InChI is InChI=1S/C21H23N3O2S2/c25-18(23-19(14-6-1-2-7-14)17-10-5-13-28-17)11-12-24-20(26)15-8-3-4-9-16(15)22-21(24)27/h3-5,8-10,13-14,19H,1-2,6-7,11-12H2,(H,22,27)(H,23,25). The van der Waals surface area contributed by atoms with Gasteiger partial charge in [-0.1, -0.05) is 31.0 Å². The molecule has 146 valence electrons. The number of H-pyrrole nitrogens is 1. The first-order chi connectivity index (χ1) is 13.6. The van der Waals surface area contributed by atoms with Crippen LogP contribution in [0.2, 0.25) is 0 Å². The summed E-state index contributed by atoms with van der Waals surface area (Å²) in [5, 5.41) is 5.85. The molecule has 0 bridgehead atoms. The van der Waals surface area contributed by atoms with Crippen LogP contribution in [0.5, 0.6) is 0 Å². The van der Waals surface area contributed by atoms with E-state index in [-0.39, 0.29) is 30.5 Å². The van der Waals surface area contributed by atoms with Crippen molar-refractivity contribution in [3.05, 3.63) is 61.8 Å². The second-order valence-electron chi connectivity index (χ2n) is 7.29. The van der Waals surface area contributed by atoms with Crippen molar-refractivity contribution in [1.82, 2.24) is 14.9 Å². The highest BCUT2D eigenvalue weighted by atomic mass is 32.1. The van der Waals surface area contributed by atoms with Gasteiger partial charge < -0.3 is 10.3 Å². The minimum Gasteiger partial charge on any atom is -0.348 e. The molecule has 1 atom stereocenters. The number of aromatic amines is 1. The fraction of sp³-hybridized carbons (Fsp3) is 0.381. The van der Waals surface area contributed by atoms with E-state index in [9.17, 15) is 9.59 Å². The summed E-state index contributed by atoms with van der Waals surface area (Å²) >= 11 is 7.03. The third-order valence-corrected chi connectivity index (χ3v) is 6.77. The van der Waals surface area contributed by atoms with E-state index in [2.05, 4.69) is 21.7 Å². The number of hydrogen-bond donors (Lipinski definition) is 2. The fourth-order valence-corrected chi connectivity index (χ4v) is 5.19. The lowest BCUT2D eigenvalue weighted by Crippen LogP contribution is -2.33. The monoisotopic (exact) mass is 413 g/mol. The van der Waals surface area contributed by atoms with Crippen molar-refractivity contribution in [2.75, 3.05) is 0 Å². The lowest BCUT2D eigenvalue weighted by molar-refractivity contribution is -0.122. The molecule has 28 heavy (non-hydrogen) atoms. The Hall–Kier alpha value is -2.25. The van der Waals surface area contributed by atoms with Gasteiger partial charge in [0, 0.05) is 17.8 Å². The van der Waals surface area contributed by atoms with Gasteiger partial charge in [0.05, 0.1) is 16.9 Å². The Kier molecular flexibility index (Phi) is 5.73. The zero-order chi connectivity index (χ0) is 19.5. The fourth-order valence-electron chi connectivity index (χ4n) is 4.04. The van der Waals surface area contributed by atoms with Crippen molar-refractivity contribution in [2.24, 2.45) is 5.92 Å². The summed E-state index contributed by atoms with van der Waals surface area (Å²) < 4.78 is 1.83. The second kappa shape index (κ2) is 8.41. The maximum atomic E-state index is 12.7. The van der Waals surface area contributed by atoms with E-state index in [1.165, 1.54) is 22.3 Å². The van der Waals surface area contributed by atoms with E-state index in [1.54, 1.807) is 17.4 Å². The van der Waals surface area contributed by atoms with Gasteiger partial charge in [-0.3, -0.25) is 14.2 Å². The molecule has 2 heterocycles. The smallest absolute Gasteiger partial charge is 0.262 e. The van der Waals surface area contributed by atoms with Gasteiger partial charge in [0.2, 0.25) is 5.91 Å². The second-order valence-corrected chi connectivity index (χ2v) is 8.65. The van der Waals surface area contributed by atoms with Gasteiger partial charge >= 0.3 is 0 Å². The number of para-hydroxylation sites is 1. The first-order valence-electron chi connectivity index (χ1n) is 9.68. The number of carbonyl (C=O) groups excluding carboxylic acids is 1.